The largest absolute Gasteiger partial charge is 0.310 e. The van der Waals surface area contributed by atoms with E-state index in [1.54, 1.807) is 0 Å². The van der Waals surface area contributed by atoms with Crippen molar-refractivity contribution >= 4 is 0 Å². The second-order valence-corrected chi connectivity index (χ2v) is 6.29. The van der Waals surface area contributed by atoms with Gasteiger partial charge in [0.15, 0.2) is 0 Å². The molecule has 1 rings (SSSR count). The SMILES string of the molecule is CCC(C)(CC)CC1(C)NCC1(C)CC. The quantitative estimate of drug-likeness (QED) is 0.725. The highest BCUT2D eigenvalue weighted by Gasteiger charge is 2.52. The Morgan fingerprint density at radius 3 is 1.93 bits per heavy atom. The molecule has 0 aliphatic carbocycles. The number of nitrogens with one attached hydrogen (secondary N) is 1. The monoisotopic (exact) mass is 211 g/mol. The maximum absolute atomic E-state index is 3.69. The molecule has 90 valence electrons. The minimum atomic E-state index is 0.364. The van der Waals surface area contributed by atoms with Crippen LogP contribution in [0.1, 0.15) is 67.2 Å². The first kappa shape index (κ1) is 13.0. The zero-order valence-electron chi connectivity index (χ0n) is 11.5. The van der Waals surface area contributed by atoms with Gasteiger partial charge in [-0.1, -0.05) is 47.5 Å². The molecule has 1 nitrogen and oxygen atoms in total. The number of hydrogen-bond acceptors (Lipinski definition) is 1. The molecule has 1 aliphatic rings. The zero-order valence-corrected chi connectivity index (χ0v) is 11.5. The van der Waals surface area contributed by atoms with Crippen LogP contribution < -0.4 is 5.32 Å². The van der Waals surface area contributed by atoms with Gasteiger partial charge >= 0.3 is 0 Å². The minimum Gasteiger partial charge on any atom is -0.310 e. The van der Waals surface area contributed by atoms with E-state index in [1.165, 1.54) is 32.2 Å². The maximum atomic E-state index is 3.69. The number of rotatable bonds is 5. The molecule has 0 amide bonds. The van der Waals surface area contributed by atoms with Crippen molar-refractivity contribution in [2.75, 3.05) is 6.54 Å². The van der Waals surface area contributed by atoms with Crippen molar-refractivity contribution in [3.63, 3.8) is 0 Å². The summed E-state index contributed by atoms with van der Waals surface area (Å²) in [5, 5.41) is 3.69. The molecule has 0 spiro atoms. The van der Waals surface area contributed by atoms with Crippen LogP contribution >= 0.6 is 0 Å². The van der Waals surface area contributed by atoms with E-state index in [9.17, 15) is 0 Å². The molecule has 1 heteroatoms. The summed E-state index contributed by atoms with van der Waals surface area (Å²) in [5.74, 6) is 0. The van der Waals surface area contributed by atoms with E-state index in [0.717, 1.165) is 0 Å². The molecule has 0 aromatic rings. The molecule has 0 bridgehead atoms. The van der Waals surface area contributed by atoms with Crippen LogP contribution in [0.2, 0.25) is 0 Å². The fourth-order valence-corrected chi connectivity index (χ4v) is 2.84. The molecule has 1 N–H and O–H groups in total. The lowest BCUT2D eigenvalue weighted by atomic mass is 9.57. The summed E-state index contributed by atoms with van der Waals surface area (Å²) in [6, 6.07) is 0. The van der Waals surface area contributed by atoms with Crippen molar-refractivity contribution in [1.29, 1.82) is 0 Å². The van der Waals surface area contributed by atoms with Crippen LogP contribution in [0.4, 0.5) is 0 Å². The van der Waals surface area contributed by atoms with Crippen molar-refractivity contribution < 1.29 is 0 Å². The fraction of sp³-hybridized carbons (Fsp3) is 1.00. The van der Waals surface area contributed by atoms with Gasteiger partial charge in [-0.25, -0.2) is 0 Å². The van der Waals surface area contributed by atoms with Crippen LogP contribution in [0.25, 0.3) is 0 Å². The van der Waals surface area contributed by atoms with Gasteiger partial charge in [-0.05, 0) is 30.6 Å². The summed E-state index contributed by atoms with van der Waals surface area (Å²) in [5.41, 5.74) is 1.39. The summed E-state index contributed by atoms with van der Waals surface area (Å²) in [7, 11) is 0. The lowest BCUT2D eigenvalue weighted by Gasteiger charge is -2.60. The molecule has 0 saturated carbocycles. The van der Waals surface area contributed by atoms with Gasteiger partial charge in [0.25, 0.3) is 0 Å². The first-order valence-electron chi connectivity index (χ1n) is 6.60. The highest BCUT2D eigenvalue weighted by molar-refractivity contribution is 5.10. The fourth-order valence-electron chi connectivity index (χ4n) is 2.84. The van der Waals surface area contributed by atoms with Crippen molar-refractivity contribution in [2.24, 2.45) is 10.8 Å². The van der Waals surface area contributed by atoms with Gasteiger partial charge < -0.3 is 5.32 Å². The van der Waals surface area contributed by atoms with Crippen LogP contribution in [0.15, 0.2) is 0 Å². The Bertz CT molecular complexity index is 215. The first-order chi connectivity index (χ1) is 6.85. The van der Waals surface area contributed by atoms with Gasteiger partial charge in [0, 0.05) is 12.1 Å². The van der Waals surface area contributed by atoms with Crippen molar-refractivity contribution in [3.8, 4) is 0 Å². The van der Waals surface area contributed by atoms with Crippen LogP contribution in [0.5, 0.6) is 0 Å². The molecule has 0 radical (unpaired) electrons. The molecule has 1 saturated heterocycles. The first-order valence-corrected chi connectivity index (χ1v) is 6.60. The summed E-state index contributed by atoms with van der Waals surface area (Å²) >= 11 is 0. The highest BCUT2D eigenvalue weighted by Crippen LogP contribution is 2.49. The van der Waals surface area contributed by atoms with Gasteiger partial charge in [0.2, 0.25) is 0 Å². The normalized spacial score (nSPS) is 36.4. The minimum absolute atomic E-state index is 0.364. The Morgan fingerprint density at radius 1 is 1.13 bits per heavy atom. The molecular formula is C14H29N. The third-order valence-electron chi connectivity index (χ3n) is 5.47. The van der Waals surface area contributed by atoms with Crippen LogP contribution in [0, 0.1) is 10.8 Å². The Labute approximate surface area is 96.0 Å². The van der Waals surface area contributed by atoms with E-state index in [4.69, 9.17) is 0 Å². The molecule has 2 atom stereocenters. The lowest BCUT2D eigenvalue weighted by Crippen LogP contribution is -2.71. The van der Waals surface area contributed by atoms with Crippen LogP contribution in [-0.2, 0) is 0 Å². The highest BCUT2D eigenvalue weighted by atomic mass is 15.1. The summed E-state index contributed by atoms with van der Waals surface area (Å²) < 4.78 is 0. The Kier molecular flexibility index (Phi) is 3.55. The average Bonchev–Trinajstić information content (AvgIpc) is 2.26. The van der Waals surface area contributed by atoms with E-state index in [2.05, 4.69) is 46.9 Å². The molecule has 0 aromatic carbocycles. The van der Waals surface area contributed by atoms with Crippen LogP contribution in [-0.4, -0.2) is 12.1 Å². The average molecular weight is 211 g/mol. The van der Waals surface area contributed by atoms with Crippen LogP contribution in [0.3, 0.4) is 0 Å². The molecule has 0 aromatic heterocycles. The standard InChI is InChI=1S/C14H29N/c1-7-12(4,8-2)10-14(6)13(5,9-3)11-15-14/h15H,7-11H2,1-6H3. The molecule has 15 heavy (non-hydrogen) atoms. The van der Waals surface area contributed by atoms with Gasteiger partial charge in [-0.3, -0.25) is 0 Å². The summed E-state index contributed by atoms with van der Waals surface area (Å²) in [4.78, 5) is 0. The molecule has 1 aliphatic heterocycles. The number of hydrogen-bond donors (Lipinski definition) is 1. The molecule has 2 unspecified atom stereocenters. The van der Waals surface area contributed by atoms with Crippen molar-refractivity contribution in [2.45, 2.75) is 72.8 Å². The maximum Gasteiger partial charge on any atom is 0.0224 e. The second kappa shape index (κ2) is 4.08. The Balaban J connectivity index is 2.73. The predicted octanol–water partition coefficient (Wildman–Crippen LogP) is 3.98. The zero-order chi connectivity index (χ0) is 11.7. The smallest absolute Gasteiger partial charge is 0.0224 e. The third kappa shape index (κ3) is 2.08. The van der Waals surface area contributed by atoms with Gasteiger partial charge in [0.1, 0.15) is 0 Å². The predicted molar refractivity (Wildman–Crippen MR) is 68.1 cm³/mol. The van der Waals surface area contributed by atoms with E-state index in [0.29, 0.717) is 16.4 Å². The Morgan fingerprint density at radius 2 is 1.67 bits per heavy atom. The van der Waals surface area contributed by atoms with E-state index >= 15 is 0 Å². The van der Waals surface area contributed by atoms with Crippen molar-refractivity contribution in [3.05, 3.63) is 0 Å². The molecular weight excluding hydrogens is 182 g/mol. The lowest BCUT2D eigenvalue weighted by molar-refractivity contribution is -0.0287. The molecule has 1 heterocycles. The van der Waals surface area contributed by atoms with Crippen molar-refractivity contribution in [1.82, 2.24) is 5.32 Å². The molecule has 1 fully saturated rings. The van der Waals surface area contributed by atoms with Gasteiger partial charge in [-0.15, -0.1) is 0 Å². The van der Waals surface area contributed by atoms with E-state index < -0.39 is 0 Å². The topological polar surface area (TPSA) is 12.0 Å². The van der Waals surface area contributed by atoms with Gasteiger partial charge in [0.05, 0.1) is 0 Å². The van der Waals surface area contributed by atoms with Gasteiger partial charge in [-0.2, -0.15) is 0 Å². The summed E-state index contributed by atoms with van der Waals surface area (Å²) in [6.07, 6.45) is 5.19. The van der Waals surface area contributed by atoms with E-state index in [1.807, 2.05) is 0 Å². The van der Waals surface area contributed by atoms with E-state index in [-0.39, 0.29) is 0 Å². The summed E-state index contributed by atoms with van der Waals surface area (Å²) in [6.45, 7) is 15.5. The Hall–Kier alpha value is -0.0400. The third-order valence-corrected chi connectivity index (χ3v) is 5.47. The second-order valence-electron chi connectivity index (χ2n) is 6.29.